The molecule has 10 rings (SSSR count). The highest BCUT2D eigenvalue weighted by Gasteiger charge is 2.18. The summed E-state index contributed by atoms with van der Waals surface area (Å²) in [4.78, 5) is 14.2. The molecule has 8 aromatic carbocycles. The monoisotopic (exact) mass is 732 g/mol. The minimum Gasteiger partial charge on any atom is -0.455 e. The average molecular weight is 733 g/mol. The quantitative estimate of drug-likeness (QED) is 0.119. The number of hydrogen-bond donors (Lipinski definition) is 0. The lowest BCUT2D eigenvalue weighted by molar-refractivity contribution is 0.671. The summed E-state index contributed by atoms with van der Waals surface area (Å²) in [5, 5.41) is 4.59. The van der Waals surface area contributed by atoms with Gasteiger partial charge in [0, 0.05) is 49.5 Å². The predicted molar refractivity (Wildman–Crippen MR) is 238 cm³/mol. The van der Waals surface area contributed by atoms with Crippen molar-refractivity contribution in [3.63, 3.8) is 0 Å². The average Bonchev–Trinajstić information content (AvgIpc) is 3.83. The fraction of sp³-hybridized carbons (Fsp3) is 0.0192. The van der Waals surface area contributed by atoms with Crippen LogP contribution in [0, 0.1) is 0 Å². The van der Waals surface area contributed by atoms with E-state index in [1.165, 1.54) is 21.8 Å². The number of nitrogens with zero attached hydrogens (tertiary/aromatic N) is 4. The molecule has 0 aliphatic carbocycles. The minimum absolute atomic E-state index is 0.489. The molecule has 0 amide bonds. The molecule has 0 bridgehead atoms. The molecule has 2 heterocycles. The zero-order valence-corrected chi connectivity index (χ0v) is 31.1. The van der Waals surface area contributed by atoms with E-state index in [-0.39, 0.29) is 0 Å². The Bertz CT molecular complexity index is 3140. The molecular formula is C52H36N4O. The number of rotatable bonds is 7. The Morgan fingerprint density at radius 3 is 1.74 bits per heavy atom. The second-order valence-electron chi connectivity index (χ2n) is 14.0. The molecule has 0 saturated carbocycles. The Labute approximate surface area is 330 Å². The maximum atomic E-state index is 6.91. The summed E-state index contributed by atoms with van der Waals surface area (Å²) in [6.07, 6.45) is 0. The van der Waals surface area contributed by atoms with E-state index < -0.39 is 0 Å². The van der Waals surface area contributed by atoms with Gasteiger partial charge in [-0.1, -0.05) is 164 Å². The SMILES string of the molecule is C=N/C(=N\C(=N/Cc1ccccc1)c1ccc(-c2cccc3c2oc2c(-c4ccc5c(c4)c4ccccc4n5-c4ccccc4)cccc23)cc1)c1ccccc1. The van der Waals surface area contributed by atoms with Gasteiger partial charge in [-0.3, -0.25) is 4.99 Å². The molecule has 0 aliphatic rings. The van der Waals surface area contributed by atoms with Gasteiger partial charge >= 0.3 is 0 Å². The van der Waals surface area contributed by atoms with Gasteiger partial charge in [0.1, 0.15) is 11.2 Å². The van der Waals surface area contributed by atoms with Crippen LogP contribution in [0.4, 0.5) is 0 Å². The standard InChI is InChI=1S/C52H36N4O/c1-53-51(37-17-7-3-8-18-37)55-52(54-34-35-15-5-2-6-16-35)38-29-27-36(28-30-38)41-22-13-24-44-45-25-14-23-42(50(45)57-49(41)44)39-31-32-48-46(33-39)43-21-11-12-26-47(43)56(48)40-19-9-4-10-20-40/h2-33H,1,34H2/b54-52-,55-51-. The number of para-hydroxylation sites is 4. The summed E-state index contributed by atoms with van der Waals surface area (Å²) >= 11 is 0. The van der Waals surface area contributed by atoms with Crippen molar-refractivity contribution in [3.05, 3.63) is 211 Å². The van der Waals surface area contributed by atoms with Gasteiger partial charge in [-0.15, -0.1) is 0 Å². The smallest absolute Gasteiger partial charge is 0.161 e. The van der Waals surface area contributed by atoms with Crippen molar-refractivity contribution in [2.24, 2.45) is 15.0 Å². The zero-order valence-electron chi connectivity index (χ0n) is 31.1. The second kappa shape index (κ2) is 14.5. The molecular weight excluding hydrogens is 697 g/mol. The number of fused-ring (bicyclic) bond motifs is 6. The number of aliphatic imine (C=N–C) groups is 3. The van der Waals surface area contributed by atoms with Crippen molar-refractivity contribution in [2.45, 2.75) is 6.54 Å². The maximum Gasteiger partial charge on any atom is 0.161 e. The molecule has 57 heavy (non-hydrogen) atoms. The molecule has 0 fully saturated rings. The summed E-state index contributed by atoms with van der Waals surface area (Å²) in [6.45, 7) is 4.31. The van der Waals surface area contributed by atoms with Crippen LogP contribution in [-0.4, -0.2) is 23.0 Å². The second-order valence-corrected chi connectivity index (χ2v) is 14.0. The first-order valence-electron chi connectivity index (χ1n) is 19.1. The molecule has 0 N–H and O–H groups in total. The van der Waals surface area contributed by atoms with E-state index in [1.807, 2.05) is 48.5 Å². The first kappa shape index (κ1) is 33.9. The maximum absolute atomic E-state index is 6.91. The number of amidine groups is 2. The summed E-state index contributed by atoms with van der Waals surface area (Å²) in [7, 11) is 0. The Hall–Kier alpha value is -7.63. The molecule has 0 saturated heterocycles. The number of hydrogen-bond acceptors (Lipinski definition) is 2. The lowest BCUT2D eigenvalue weighted by Gasteiger charge is -2.08. The summed E-state index contributed by atoms with van der Waals surface area (Å²) < 4.78 is 9.25. The highest BCUT2D eigenvalue weighted by atomic mass is 16.3. The normalized spacial score (nSPS) is 12.2. The third-order valence-electron chi connectivity index (χ3n) is 10.6. The third-order valence-corrected chi connectivity index (χ3v) is 10.6. The Balaban J connectivity index is 1.05. The molecule has 10 aromatic rings. The van der Waals surface area contributed by atoms with E-state index in [0.29, 0.717) is 18.2 Å². The van der Waals surface area contributed by atoms with E-state index in [0.717, 1.165) is 66.6 Å². The van der Waals surface area contributed by atoms with E-state index in [2.05, 4.69) is 162 Å². The van der Waals surface area contributed by atoms with Gasteiger partial charge in [0.25, 0.3) is 0 Å². The van der Waals surface area contributed by atoms with Crippen molar-refractivity contribution in [1.29, 1.82) is 0 Å². The molecule has 0 unspecified atom stereocenters. The molecule has 0 aliphatic heterocycles. The summed E-state index contributed by atoms with van der Waals surface area (Å²) in [5.74, 6) is 1.11. The summed E-state index contributed by atoms with van der Waals surface area (Å²) in [5.41, 5.74) is 12.3. The molecule has 5 heteroatoms. The van der Waals surface area contributed by atoms with Gasteiger partial charge in [0.2, 0.25) is 0 Å². The number of aromatic nitrogens is 1. The number of furan rings is 1. The number of benzene rings is 8. The van der Waals surface area contributed by atoms with E-state index in [9.17, 15) is 0 Å². The van der Waals surface area contributed by atoms with Crippen LogP contribution in [0.5, 0.6) is 0 Å². The lowest BCUT2D eigenvalue weighted by Crippen LogP contribution is -2.05. The van der Waals surface area contributed by atoms with Gasteiger partial charge in [0.05, 0.1) is 17.6 Å². The predicted octanol–water partition coefficient (Wildman–Crippen LogP) is 13.1. The first-order chi connectivity index (χ1) is 28.2. The molecule has 0 radical (unpaired) electrons. The fourth-order valence-electron chi connectivity index (χ4n) is 7.89. The molecule has 0 atom stereocenters. The van der Waals surface area contributed by atoms with Crippen LogP contribution >= 0.6 is 0 Å². The van der Waals surface area contributed by atoms with Crippen molar-refractivity contribution < 1.29 is 4.42 Å². The van der Waals surface area contributed by atoms with Crippen molar-refractivity contribution in [1.82, 2.24) is 4.57 Å². The van der Waals surface area contributed by atoms with E-state index >= 15 is 0 Å². The topological polar surface area (TPSA) is 55.1 Å². The van der Waals surface area contributed by atoms with Crippen molar-refractivity contribution in [3.8, 4) is 27.9 Å². The lowest BCUT2D eigenvalue weighted by atomic mass is 9.98. The van der Waals surface area contributed by atoms with Crippen molar-refractivity contribution >= 4 is 62.1 Å². The van der Waals surface area contributed by atoms with Crippen LogP contribution in [0.3, 0.4) is 0 Å². The Morgan fingerprint density at radius 2 is 1.04 bits per heavy atom. The largest absolute Gasteiger partial charge is 0.455 e. The Kier molecular flexibility index (Phi) is 8.65. The summed E-state index contributed by atoms with van der Waals surface area (Å²) in [6, 6.07) is 67.2. The van der Waals surface area contributed by atoms with E-state index in [1.54, 1.807) is 0 Å². The van der Waals surface area contributed by atoms with Gasteiger partial charge in [-0.05, 0) is 53.7 Å². The van der Waals surface area contributed by atoms with Crippen LogP contribution in [0.25, 0.3) is 71.7 Å². The Morgan fingerprint density at radius 1 is 0.474 bits per heavy atom. The van der Waals surface area contributed by atoms with Gasteiger partial charge in [-0.25, -0.2) is 9.98 Å². The molecule has 5 nitrogen and oxygen atoms in total. The van der Waals surface area contributed by atoms with Crippen LogP contribution in [0.1, 0.15) is 16.7 Å². The third kappa shape index (κ3) is 6.21. The van der Waals surface area contributed by atoms with Crippen LogP contribution < -0.4 is 0 Å². The minimum atomic E-state index is 0.489. The molecule has 0 spiro atoms. The zero-order chi connectivity index (χ0) is 38.1. The van der Waals surface area contributed by atoms with Gasteiger partial charge in [0.15, 0.2) is 11.7 Å². The van der Waals surface area contributed by atoms with Crippen LogP contribution in [0.15, 0.2) is 214 Å². The van der Waals surface area contributed by atoms with Crippen LogP contribution in [-0.2, 0) is 6.54 Å². The molecule has 270 valence electrons. The van der Waals surface area contributed by atoms with E-state index in [4.69, 9.17) is 14.4 Å². The van der Waals surface area contributed by atoms with Gasteiger partial charge < -0.3 is 8.98 Å². The highest BCUT2D eigenvalue weighted by molar-refractivity contribution is 6.16. The highest BCUT2D eigenvalue weighted by Crippen LogP contribution is 2.41. The molecule has 2 aromatic heterocycles. The van der Waals surface area contributed by atoms with Crippen LogP contribution in [0.2, 0.25) is 0 Å². The first-order valence-corrected chi connectivity index (χ1v) is 19.1. The van der Waals surface area contributed by atoms with Gasteiger partial charge in [-0.2, -0.15) is 0 Å². The van der Waals surface area contributed by atoms with Crippen molar-refractivity contribution in [2.75, 3.05) is 0 Å². The fourth-order valence-corrected chi connectivity index (χ4v) is 7.89.